The van der Waals surface area contributed by atoms with Crippen LogP contribution in [0.15, 0.2) is 24.3 Å². The summed E-state index contributed by atoms with van der Waals surface area (Å²) in [5, 5.41) is 18.8. The summed E-state index contributed by atoms with van der Waals surface area (Å²) in [4.78, 5) is 0. The van der Waals surface area contributed by atoms with E-state index in [0.29, 0.717) is 0 Å². The lowest BCUT2D eigenvalue weighted by molar-refractivity contribution is 0.147. The predicted molar refractivity (Wildman–Crippen MR) is 45.5 cm³/mol. The Labute approximate surface area is 71.5 Å². The van der Waals surface area contributed by atoms with Gasteiger partial charge in [0, 0.05) is 0 Å². The van der Waals surface area contributed by atoms with Gasteiger partial charge in [-0.2, -0.15) is 0 Å². The zero-order chi connectivity index (χ0) is 8.60. The van der Waals surface area contributed by atoms with Gasteiger partial charge in [-0.1, -0.05) is 24.3 Å². The smallest absolute Gasteiger partial charge is 0.0902 e. The fourth-order valence-electron chi connectivity index (χ4n) is 1.50. The summed E-state index contributed by atoms with van der Waals surface area (Å²) in [6, 6.07) is 7.51. The Balaban J connectivity index is 2.42. The second-order valence-corrected chi connectivity index (χ2v) is 3.35. The molecular weight excluding hydrogens is 152 g/mol. The molecule has 0 aliphatic heterocycles. The normalized spacial score (nSPS) is 19.2. The molecule has 1 saturated carbocycles. The van der Waals surface area contributed by atoms with Crippen LogP contribution in [0.3, 0.4) is 0 Å². The number of hydrogen-bond donors (Lipinski definition) is 2. The average Bonchev–Trinajstić information content (AvgIpc) is 2.85. The molecule has 0 bridgehead atoms. The molecule has 12 heavy (non-hydrogen) atoms. The van der Waals surface area contributed by atoms with Crippen molar-refractivity contribution >= 4 is 0 Å². The highest BCUT2D eigenvalue weighted by Gasteiger charge is 2.43. The van der Waals surface area contributed by atoms with E-state index in [1.54, 1.807) is 0 Å². The molecule has 1 fully saturated rings. The summed E-state index contributed by atoms with van der Waals surface area (Å²) in [5.74, 6) is 0. The van der Waals surface area contributed by atoms with Crippen LogP contribution in [0.2, 0.25) is 0 Å². The van der Waals surface area contributed by atoms with E-state index in [1.807, 2.05) is 24.3 Å². The summed E-state index contributed by atoms with van der Waals surface area (Å²) in [6.07, 6.45) is 1.65. The van der Waals surface area contributed by atoms with Crippen LogP contribution in [0, 0.1) is 0 Å². The maximum Gasteiger partial charge on any atom is 0.0902 e. The molecule has 1 aliphatic carbocycles. The minimum atomic E-state index is -0.626. The van der Waals surface area contributed by atoms with Crippen LogP contribution in [0.5, 0.6) is 0 Å². The maximum atomic E-state index is 9.80. The number of aliphatic hydroxyl groups excluding tert-OH is 1. The summed E-state index contributed by atoms with van der Waals surface area (Å²) in [5.41, 5.74) is 1.12. The molecule has 0 spiro atoms. The molecule has 1 aromatic rings. The van der Waals surface area contributed by atoms with Crippen LogP contribution in [0.25, 0.3) is 0 Å². The third kappa shape index (κ3) is 1.13. The van der Waals surface area contributed by atoms with Crippen LogP contribution in [-0.2, 0) is 12.2 Å². The van der Waals surface area contributed by atoms with Gasteiger partial charge in [0.25, 0.3) is 0 Å². The highest BCUT2D eigenvalue weighted by atomic mass is 16.3. The monoisotopic (exact) mass is 164 g/mol. The standard InChI is InChI=1S/C10H12O2/c11-7-8-3-1-2-4-9(8)10(12)5-6-10/h1-4,11-12H,5-7H2. The Bertz CT molecular complexity index is 290. The molecule has 0 heterocycles. The van der Waals surface area contributed by atoms with Gasteiger partial charge < -0.3 is 10.2 Å². The van der Waals surface area contributed by atoms with Gasteiger partial charge in [0.2, 0.25) is 0 Å². The van der Waals surface area contributed by atoms with E-state index in [-0.39, 0.29) is 6.61 Å². The Morgan fingerprint density at radius 3 is 2.50 bits per heavy atom. The van der Waals surface area contributed by atoms with E-state index in [1.165, 1.54) is 0 Å². The Morgan fingerprint density at radius 2 is 1.92 bits per heavy atom. The van der Waals surface area contributed by atoms with E-state index in [9.17, 15) is 5.11 Å². The van der Waals surface area contributed by atoms with Crippen LogP contribution >= 0.6 is 0 Å². The van der Waals surface area contributed by atoms with Crippen molar-refractivity contribution in [3.05, 3.63) is 35.4 Å². The largest absolute Gasteiger partial charge is 0.392 e. The fraction of sp³-hybridized carbons (Fsp3) is 0.400. The van der Waals surface area contributed by atoms with Gasteiger partial charge in [-0.05, 0) is 24.0 Å². The third-order valence-corrected chi connectivity index (χ3v) is 2.41. The Hall–Kier alpha value is -0.860. The molecule has 2 nitrogen and oxygen atoms in total. The number of aliphatic hydroxyl groups is 2. The molecule has 0 amide bonds. The lowest BCUT2D eigenvalue weighted by atomic mass is 10.0. The molecule has 0 radical (unpaired) electrons. The number of benzene rings is 1. The first-order valence-corrected chi connectivity index (χ1v) is 4.18. The Morgan fingerprint density at radius 1 is 1.25 bits per heavy atom. The molecule has 64 valence electrons. The highest BCUT2D eigenvalue weighted by molar-refractivity contribution is 5.35. The van der Waals surface area contributed by atoms with Gasteiger partial charge in [-0.3, -0.25) is 0 Å². The Kier molecular flexibility index (Phi) is 1.67. The molecular formula is C10H12O2. The molecule has 2 rings (SSSR count). The molecule has 1 aromatic carbocycles. The summed E-state index contributed by atoms with van der Waals surface area (Å²) in [7, 11) is 0. The maximum absolute atomic E-state index is 9.80. The molecule has 2 N–H and O–H groups in total. The highest BCUT2D eigenvalue weighted by Crippen LogP contribution is 2.46. The second kappa shape index (κ2) is 2.57. The van der Waals surface area contributed by atoms with Gasteiger partial charge in [0.05, 0.1) is 12.2 Å². The number of rotatable bonds is 2. The molecule has 2 heteroatoms. The first-order valence-electron chi connectivity index (χ1n) is 4.18. The van der Waals surface area contributed by atoms with Crippen molar-refractivity contribution in [2.45, 2.75) is 25.0 Å². The third-order valence-electron chi connectivity index (χ3n) is 2.41. The van der Waals surface area contributed by atoms with Gasteiger partial charge in [0.1, 0.15) is 0 Å². The topological polar surface area (TPSA) is 40.5 Å². The first-order chi connectivity index (χ1) is 5.76. The fourth-order valence-corrected chi connectivity index (χ4v) is 1.50. The summed E-state index contributed by atoms with van der Waals surface area (Å²) >= 11 is 0. The SMILES string of the molecule is OCc1ccccc1C1(O)CC1. The summed E-state index contributed by atoms with van der Waals surface area (Å²) in [6.45, 7) is 0.0124. The molecule has 0 saturated heterocycles. The lowest BCUT2D eigenvalue weighted by Crippen LogP contribution is -2.07. The van der Waals surface area contributed by atoms with Crippen molar-refractivity contribution in [3.63, 3.8) is 0 Å². The van der Waals surface area contributed by atoms with Crippen LogP contribution in [-0.4, -0.2) is 10.2 Å². The zero-order valence-electron chi connectivity index (χ0n) is 6.83. The zero-order valence-corrected chi connectivity index (χ0v) is 6.83. The van der Waals surface area contributed by atoms with E-state index >= 15 is 0 Å². The van der Waals surface area contributed by atoms with Crippen molar-refractivity contribution in [1.82, 2.24) is 0 Å². The molecule has 0 aromatic heterocycles. The van der Waals surface area contributed by atoms with Crippen LogP contribution in [0.1, 0.15) is 24.0 Å². The van der Waals surface area contributed by atoms with Crippen LogP contribution < -0.4 is 0 Å². The second-order valence-electron chi connectivity index (χ2n) is 3.35. The van der Waals surface area contributed by atoms with Gasteiger partial charge in [-0.15, -0.1) is 0 Å². The van der Waals surface area contributed by atoms with Crippen molar-refractivity contribution in [2.75, 3.05) is 0 Å². The van der Waals surface area contributed by atoms with Crippen LogP contribution in [0.4, 0.5) is 0 Å². The van der Waals surface area contributed by atoms with E-state index < -0.39 is 5.60 Å². The minimum Gasteiger partial charge on any atom is -0.392 e. The summed E-state index contributed by atoms with van der Waals surface area (Å²) < 4.78 is 0. The lowest BCUT2D eigenvalue weighted by Gasteiger charge is -2.11. The van der Waals surface area contributed by atoms with Crippen molar-refractivity contribution in [3.8, 4) is 0 Å². The average molecular weight is 164 g/mol. The van der Waals surface area contributed by atoms with E-state index in [2.05, 4.69) is 0 Å². The predicted octanol–water partition coefficient (Wildman–Crippen LogP) is 1.16. The quantitative estimate of drug-likeness (QED) is 0.688. The number of hydrogen-bond acceptors (Lipinski definition) is 2. The van der Waals surface area contributed by atoms with Gasteiger partial charge in [0.15, 0.2) is 0 Å². The molecule has 0 unspecified atom stereocenters. The minimum absolute atomic E-state index is 0.0124. The van der Waals surface area contributed by atoms with E-state index in [0.717, 1.165) is 24.0 Å². The van der Waals surface area contributed by atoms with Crippen molar-refractivity contribution < 1.29 is 10.2 Å². The first kappa shape index (κ1) is 7.77. The van der Waals surface area contributed by atoms with Gasteiger partial charge in [-0.25, -0.2) is 0 Å². The van der Waals surface area contributed by atoms with E-state index in [4.69, 9.17) is 5.11 Å². The van der Waals surface area contributed by atoms with Crippen molar-refractivity contribution in [2.24, 2.45) is 0 Å². The molecule has 0 atom stereocenters. The molecule has 1 aliphatic rings. The van der Waals surface area contributed by atoms with Crippen molar-refractivity contribution in [1.29, 1.82) is 0 Å². The van der Waals surface area contributed by atoms with Gasteiger partial charge >= 0.3 is 0 Å².